The molecule has 172 valence electrons. The van der Waals surface area contributed by atoms with Crippen LogP contribution in [0.4, 0.5) is 9.18 Å². The molecular formula is C25H18BrFN2O5. The molecule has 9 heteroatoms. The maximum absolute atomic E-state index is 13.9. The van der Waals surface area contributed by atoms with E-state index in [1.54, 1.807) is 36.4 Å². The zero-order chi connectivity index (χ0) is 24.2. The van der Waals surface area contributed by atoms with Gasteiger partial charge in [0.2, 0.25) is 0 Å². The summed E-state index contributed by atoms with van der Waals surface area (Å²) in [6.07, 6.45) is 1.53. The number of carbonyl (C=O) groups excluding carboxylic acids is 2. The Balaban J connectivity index is 1.43. The molecule has 0 radical (unpaired) electrons. The first-order valence-corrected chi connectivity index (χ1v) is 10.9. The summed E-state index contributed by atoms with van der Waals surface area (Å²) in [6, 6.07) is 16.9. The van der Waals surface area contributed by atoms with Crippen LogP contribution in [-0.2, 0) is 17.9 Å². The number of carboxylic acid groups (broad SMARTS) is 1. The van der Waals surface area contributed by atoms with Gasteiger partial charge in [-0.2, -0.15) is 0 Å². The summed E-state index contributed by atoms with van der Waals surface area (Å²) < 4.78 is 20.3. The summed E-state index contributed by atoms with van der Waals surface area (Å²) in [5, 5.41) is 11.5. The number of aromatic carboxylic acids is 1. The van der Waals surface area contributed by atoms with E-state index in [9.17, 15) is 18.8 Å². The number of halogens is 2. The van der Waals surface area contributed by atoms with Crippen molar-refractivity contribution in [1.29, 1.82) is 0 Å². The molecule has 1 saturated heterocycles. The summed E-state index contributed by atoms with van der Waals surface area (Å²) in [6.45, 7) is 0.0665. The molecule has 0 aliphatic carbocycles. The van der Waals surface area contributed by atoms with E-state index in [4.69, 9.17) is 9.84 Å². The molecule has 1 aliphatic heterocycles. The Morgan fingerprint density at radius 3 is 2.50 bits per heavy atom. The molecule has 7 nitrogen and oxygen atoms in total. The predicted molar refractivity (Wildman–Crippen MR) is 125 cm³/mol. The molecule has 0 atom stereocenters. The number of hydrogen-bond donors (Lipinski definition) is 2. The second-order valence-electron chi connectivity index (χ2n) is 7.45. The fraction of sp³-hybridized carbons (Fsp3) is 0.0800. The molecule has 0 bridgehead atoms. The lowest BCUT2D eigenvalue weighted by atomic mass is 10.1. The smallest absolute Gasteiger partial charge is 0.335 e. The normalized spacial score (nSPS) is 14.4. The van der Waals surface area contributed by atoms with Crippen LogP contribution in [0.15, 0.2) is 76.9 Å². The molecule has 34 heavy (non-hydrogen) atoms. The highest BCUT2D eigenvalue weighted by molar-refractivity contribution is 9.10. The number of imide groups is 1. The van der Waals surface area contributed by atoms with Gasteiger partial charge in [-0.3, -0.25) is 9.69 Å². The topological polar surface area (TPSA) is 95.9 Å². The molecule has 3 aromatic rings. The minimum atomic E-state index is -0.993. The number of urea groups is 1. The van der Waals surface area contributed by atoms with Gasteiger partial charge in [0.15, 0.2) is 0 Å². The molecule has 4 rings (SSSR count). The van der Waals surface area contributed by atoms with E-state index >= 15 is 0 Å². The number of nitrogens with zero attached hydrogens (tertiary/aromatic N) is 1. The molecule has 3 amide bonds. The third kappa shape index (κ3) is 5.15. The van der Waals surface area contributed by atoms with Gasteiger partial charge < -0.3 is 15.2 Å². The number of amides is 3. The molecule has 0 aromatic heterocycles. The fourth-order valence-electron chi connectivity index (χ4n) is 3.31. The van der Waals surface area contributed by atoms with Crippen molar-refractivity contribution in [2.45, 2.75) is 13.2 Å². The Labute approximate surface area is 202 Å². The summed E-state index contributed by atoms with van der Waals surface area (Å²) in [4.78, 5) is 36.9. The third-order valence-electron chi connectivity index (χ3n) is 5.11. The first kappa shape index (κ1) is 23.2. The number of nitrogens with one attached hydrogen (secondary N) is 1. The maximum atomic E-state index is 13.9. The van der Waals surface area contributed by atoms with Crippen LogP contribution < -0.4 is 10.1 Å². The van der Waals surface area contributed by atoms with Crippen LogP contribution in [0, 0.1) is 5.82 Å². The van der Waals surface area contributed by atoms with Crippen molar-refractivity contribution in [2.75, 3.05) is 0 Å². The number of carboxylic acids is 1. The summed E-state index contributed by atoms with van der Waals surface area (Å²) >= 11 is 3.44. The van der Waals surface area contributed by atoms with Crippen LogP contribution in [0.1, 0.15) is 27.0 Å². The van der Waals surface area contributed by atoms with Gasteiger partial charge in [0.1, 0.15) is 23.9 Å². The van der Waals surface area contributed by atoms with Crippen molar-refractivity contribution >= 4 is 39.9 Å². The van der Waals surface area contributed by atoms with Crippen molar-refractivity contribution in [3.05, 3.63) is 105 Å². The molecule has 0 unspecified atom stereocenters. The van der Waals surface area contributed by atoms with Gasteiger partial charge >= 0.3 is 12.0 Å². The van der Waals surface area contributed by atoms with Crippen LogP contribution in [0.3, 0.4) is 0 Å². The highest BCUT2D eigenvalue weighted by Gasteiger charge is 2.34. The van der Waals surface area contributed by atoms with E-state index < -0.39 is 23.7 Å². The van der Waals surface area contributed by atoms with Crippen molar-refractivity contribution in [1.82, 2.24) is 10.2 Å². The average molecular weight is 525 g/mol. The quantitative estimate of drug-likeness (QED) is 0.336. The van der Waals surface area contributed by atoms with E-state index in [0.29, 0.717) is 15.8 Å². The number of hydrogen-bond acceptors (Lipinski definition) is 4. The minimum Gasteiger partial charge on any atom is -0.488 e. The van der Waals surface area contributed by atoms with Crippen LogP contribution >= 0.6 is 15.9 Å². The minimum absolute atomic E-state index is 0.0837. The Morgan fingerprint density at radius 1 is 1.09 bits per heavy atom. The lowest BCUT2D eigenvalue weighted by molar-refractivity contribution is -0.123. The Kier molecular flexibility index (Phi) is 6.74. The molecule has 1 fully saturated rings. The van der Waals surface area contributed by atoms with Crippen molar-refractivity contribution in [2.24, 2.45) is 0 Å². The van der Waals surface area contributed by atoms with E-state index in [0.717, 1.165) is 10.5 Å². The highest BCUT2D eigenvalue weighted by atomic mass is 79.9. The van der Waals surface area contributed by atoms with Gasteiger partial charge in [0.25, 0.3) is 5.91 Å². The zero-order valence-electron chi connectivity index (χ0n) is 17.6. The molecule has 1 heterocycles. The van der Waals surface area contributed by atoms with Crippen molar-refractivity contribution < 1.29 is 28.6 Å². The van der Waals surface area contributed by atoms with Crippen LogP contribution in [0.5, 0.6) is 5.75 Å². The Morgan fingerprint density at radius 2 is 1.82 bits per heavy atom. The Bertz CT molecular complexity index is 1310. The standard InChI is InChI=1S/C25H18BrFN2O5/c26-19-11-16(7-10-22(19)34-14-15-5-8-17(9-6-15)24(31)32)12-21-23(30)29(25(33)28-21)13-18-3-1-2-4-20(18)27/h1-12H,13-14H2,(H,28,33)(H,31,32)/b21-12+. The van der Waals surface area contributed by atoms with E-state index in [2.05, 4.69) is 21.2 Å². The summed E-state index contributed by atoms with van der Waals surface area (Å²) in [5.41, 5.74) is 1.97. The van der Waals surface area contributed by atoms with Crippen LogP contribution in [-0.4, -0.2) is 27.9 Å². The van der Waals surface area contributed by atoms with Gasteiger partial charge in [-0.05, 0) is 63.5 Å². The first-order chi connectivity index (χ1) is 16.3. The predicted octanol–water partition coefficient (Wildman–Crippen LogP) is 4.96. The second kappa shape index (κ2) is 9.88. The van der Waals surface area contributed by atoms with Gasteiger partial charge in [-0.25, -0.2) is 14.0 Å². The van der Waals surface area contributed by atoms with E-state index in [1.165, 1.54) is 36.4 Å². The number of carbonyl (C=O) groups is 3. The lowest BCUT2D eigenvalue weighted by Crippen LogP contribution is -2.30. The van der Waals surface area contributed by atoms with Gasteiger partial charge in [0.05, 0.1) is 16.6 Å². The molecule has 1 aliphatic rings. The van der Waals surface area contributed by atoms with E-state index in [-0.39, 0.29) is 30.0 Å². The fourth-order valence-corrected chi connectivity index (χ4v) is 3.82. The SMILES string of the molecule is O=C(O)c1ccc(COc2ccc(/C=C3/NC(=O)N(Cc4ccccc4F)C3=O)cc2Br)cc1. The Hall–Kier alpha value is -3.98. The van der Waals surface area contributed by atoms with Crippen molar-refractivity contribution in [3.63, 3.8) is 0 Å². The zero-order valence-corrected chi connectivity index (χ0v) is 19.2. The number of benzene rings is 3. The van der Waals surface area contributed by atoms with Gasteiger partial charge in [-0.1, -0.05) is 36.4 Å². The average Bonchev–Trinajstić information content (AvgIpc) is 3.07. The van der Waals surface area contributed by atoms with Crippen LogP contribution in [0.25, 0.3) is 6.08 Å². The van der Waals surface area contributed by atoms with E-state index in [1.807, 2.05) is 0 Å². The number of ether oxygens (including phenoxy) is 1. The summed E-state index contributed by atoms with van der Waals surface area (Å²) in [5.74, 6) is -1.48. The first-order valence-electron chi connectivity index (χ1n) is 10.1. The van der Waals surface area contributed by atoms with Crippen molar-refractivity contribution in [3.8, 4) is 5.75 Å². The van der Waals surface area contributed by atoms with Gasteiger partial charge in [-0.15, -0.1) is 0 Å². The molecule has 2 N–H and O–H groups in total. The monoisotopic (exact) mass is 524 g/mol. The largest absolute Gasteiger partial charge is 0.488 e. The highest BCUT2D eigenvalue weighted by Crippen LogP contribution is 2.28. The maximum Gasteiger partial charge on any atom is 0.335 e. The number of rotatable bonds is 7. The molecule has 0 saturated carbocycles. The van der Waals surface area contributed by atoms with Gasteiger partial charge in [0, 0.05) is 5.56 Å². The summed E-state index contributed by atoms with van der Waals surface area (Å²) in [7, 11) is 0. The second-order valence-corrected chi connectivity index (χ2v) is 8.31. The molecule has 3 aromatic carbocycles. The molecule has 0 spiro atoms. The third-order valence-corrected chi connectivity index (χ3v) is 5.73. The van der Waals surface area contributed by atoms with Crippen LogP contribution in [0.2, 0.25) is 0 Å². The lowest BCUT2D eigenvalue weighted by Gasteiger charge is -2.12. The molecular weight excluding hydrogens is 507 g/mol.